The number of nitrogens with one attached hydrogen (secondary N) is 2. The van der Waals surface area contributed by atoms with E-state index in [0.29, 0.717) is 12.1 Å². The second-order valence-electron chi connectivity index (χ2n) is 6.84. The molecular weight excluding hydrogens is 496 g/mol. The number of pyridine rings is 1. The van der Waals surface area contributed by atoms with Gasteiger partial charge in [-0.05, 0) is 37.3 Å². The molecular formula is C20H18Cl2FN5O4S. The molecule has 1 atom stereocenters. The molecule has 3 aromatic rings. The van der Waals surface area contributed by atoms with Gasteiger partial charge in [-0.25, -0.2) is 22.2 Å². The summed E-state index contributed by atoms with van der Waals surface area (Å²) < 4.78 is 42.6. The number of aromatic nitrogens is 3. The third-order valence-corrected chi connectivity index (χ3v) is 6.76. The summed E-state index contributed by atoms with van der Waals surface area (Å²) in [6, 6.07) is 7.21. The fourth-order valence-electron chi connectivity index (χ4n) is 2.78. The van der Waals surface area contributed by atoms with Gasteiger partial charge in [0.15, 0.2) is 0 Å². The number of amides is 1. The molecule has 0 saturated heterocycles. The SMILES string of the molecule is C[C@@H](C(=O)Nc1ccc(F)c(S(=O)(=O)NCCc2ccccn2)c1)n1ncc(Cl)c(Cl)c1=O. The van der Waals surface area contributed by atoms with E-state index in [4.69, 9.17) is 23.2 Å². The van der Waals surface area contributed by atoms with Crippen molar-refractivity contribution < 1.29 is 17.6 Å². The summed E-state index contributed by atoms with van der Waals surface area (Å²) in [5.74, 6) is -1.70. The first-order chi connectivity index (χ1) is 15.6. The van der Waals surface area contributed by atoms with E-state index in [9.17, 15) is 22.4 Å². The number of nitrogens with zero attached hydrogens (tertiary/aromatic N) is 3. The molecule has 13 heteroatoms. The van der Waals surface area contributed by atoms with Gasteiger partial charge in [0, 0.05) is 30.5 Å². The van der Waals surface area contributed by atoms with Crippen LogP contribution in [0.5, 0.6) is 0 Å². The molecule has 0 bridgehead atoms. The molecule has 2 N–H and O–H groups in total. The van der Waals surface area contributed by atoms with Gasteiger partial charge < -0.3 is 5.32 Å². The Kier molecular flexibility index (Phi) is 7.80. The predicted molar refractivity (Wildman–Crippen MR) is 121 cm³/mol. The van der Waals surface area contributed by atoms with E-state index in [-0.39, 0.29) is 22.3 Å². The van der Waals surface area contributed by atoms with Gasteiger partial charge in [0.2, 0.25) is 15.9 Å². The van der Waals surface area contributed by atoms with Crippen LogP contribution in [-0.2, 0) is 21.2 Å². The van der Waals surface area contributed by atoms with Crippen LogP contribution in [0.3, 0.4) is 0 Å². The zero-order valence-electron chi connectivity index (χ0n) is 17.1. The average Bonchev–Trinajstić information content (AvgIpc) is 2.79. The van der Waals surface area contributed by atoms with Gasteiger partial charge in [-0.2, -0.15) is 5.10 Å². The fourth-order valence-corrected chi connectivity index (χ4v) is 4.18. The highest BCUT2D eigenvalue weighted by molar-refractivity contribution is 7.89. The predicted octanol–water partition coefficient (Wildman–Crippen LogP) is 2.80. The molecule has 0 unspecified atom stereocenters. The molecule has 1 amide bonds. The lowest BCUT2D eigenvalue weighted by molar-refractivity contribution is -0.119. The van der Waals surface area contributed by atoms with Gasteiger partial charge in [-0.15, -0.1) is 0 Å². The Morgan fingerprint density at radius 2 is 2.00 bits per heavy atom. The van der Waals surface area contributed by atoms with Crippen LogP contribution in [0.2, 0.25) is 10.0 Å². The van der Waals surface area contributed by atoms with Gasteiger partial charge in [0.05, 0.1) is 11.2 Å². The third kappa shape index (κ3) is 5.93. The molecule has 0 aliphatic heterocycles. The summed E-state index contributed by atoms with van der Waals surface area (Å²) in [6.45, 7) is 1.38. The van der Waals surface area contributed by atoms with Crippen LogP contribution >= 0.6 is 23.2 Å². The van der Waals surface area contributed by atoms with Gasteiger partial charge >= 0.3 is 0 Å². The fraction of sp³-hybridized carbons (Fsp3) is 0.200. The maximum atomic E-state index is 14.3. The maximum absolute atomic E-state index is 14.3. The smallest absolute Gasteiger partial charge is 0.287 e. The zero-order valence-corrected chi connectivity index (χ0v) is 19.5. The lowest BCUT2D eigenvalue weighted by atomic mass is 10.2. The molecule has 9 nitrogen and oxygen atoms in total. The Balaban J connectivity index is 1.74. The Morgan fingerprint density at radius 1 is 1.24 bits per heavy atom. The number of halogens is 3. The van der Waals surface area contributed by atoms with Crippen molar-refractivity contribution in [2.24, 2.45) is 0 Å². The molecule has 0 fully saturated rings. The van der Waals surface area contributed by atoms with Gasteiger partial charge in [0.1, 0.15) is 21.8 Å². The summed E-state index contributed by atoms with van der Waals surface area (Å²) in [7, 11) is -4.21. The lowest BCUT2D eigenvalue weighted by Crippen LogP contribution is -2.33. The highest BCUT2D eigenvalue weighted by atomic mass is 35.5. The number of benzene rings is 1. The van der Waals surface area contributed by atoms with Gasteiger partial charge in [-0.3, -0.25) is 14.6 Å². The quantitative estimate of drug-likeness (QED) is 0.477. The van der Waals surface area contributed by atoms with Crippen LogP contribution in [0.15, 0.2) is 58.5 Å². The van der Waals surface area contributed by atoms with Crippen LogP contribution in [-0.4, -0.2) is 35.6 Å². The van der Waals surface area contributed by atoms with E-state index in [1.165, 1.54) is 13.0 Å². The van der Waals surface area contributed by atoms with E-state index >= 15 is 0 Å². The Morgan fingerprint density at radius 3 is 2.70 bits per heavy atom. The third-order valence-electron chi connectivity index (χ3n) is 4.53. The number of anilines is 1. The summed E-state index contributed by atoms with van der Waals surface area (Å²) in [6.07, 6.45) is 3.01. The van der Waals surface area contributed by atoms with Crippen molar-refractivity contribution in [1.29, 1.82) is 0 Å². The standard InChI is InChI=1S/C20H18Cl2FN5O4S/c1-12(28-20(30)18(22)15(21)11-25-28)19(29)27-14-5-6-16(23)17(10-14)33(31,32)26-9-7-13-4-2-3-8-24-13/h2-6,8,10-12,26H,7,9H2,1H3,(H,27,29)/t12-/m0/s1. The van der Waals surface area contributed by atoms with E-state index in [1.54, 1.807) is 24.4 Å². The largest absolute Gasteiger partial charge is 0.324 e. The first-order valence-electron chi connectivity index (χ1n) is 9.53. The minimum Gasteiger partial charge on any atom is -0.324 e. The molecule has 0 radical (unpaired) electrons. The van der Waals surface area contributed by atoms with Crippen LogP contribution in [0, 0.1) is 5.82 Å². The molecule has 1 aromatic carbocycles. The molecule has 3 rings (SSSR count). The van der Waals surface area contributed by atoms with Crippen molar-refractivity contribution in [3.63, 3.8) is 0 Å². The van der Waals surface area contributed by atoms with Crippen molar-refractivity contribution in [2.45, 2.75) is 24.3 Å². The van der Waals surface area contributed by atoms with Gasteiger partial charge in [-0.1, -0.05) is 29.3 Å². The van der Waals surface area contributed by atoms with Crippen LogP contribution in [0.4, 0.5) is 10.1 Å². The van der Waals surface area contributed by atoms with Gasteiger partial charge in [0.25, 0.3) is 5.56 Å². The van der Waals surface area contributed by atoms with E-state index < -0.39 is 38.2 Å². The van der Waals surface area contributed by atoms with E-state index in [2.05, 4.69) is 20.1 Å². The molecule has 2 heterocycles. The molecule has 174 valence electrons. The molecule has 33 heavy (non-hydrogen) atoms. The summed E-state index contributed by atoms with van der Waals surface area (Å²) in [4.78, 5) is 28.2. The monoisotopic (exact) mass is 513 g/mol. The summed E-state index contributed by atoms with van der Waals surface area (Å²) in [5.41, 5.74) is -0.0976. The maximum Gasteiger partial charge on any atom is 0.287 e. The molecule has 0 aliphatic carbocycles. The van der Waals surface area contributed by atoms with Crippen molar-refractivity contribution in [3.05, 3.63) is 80.7 Å². The number of carbonyl (C=O) groups is 1. The second-order valence-corrected chi connectivity index (χ2v) is 9.36. The van der Waals surface area contributed by atoms with Crippen molar-refractivity contribution in [1.82, 2.24) is 19.5 Å². The van der Waals surface area contributed by atoms with E-state index in [0.717, 1.165) is 23.0 Å². The normalized spacial score (nSPS) is 12.4. The van der Waals surface area contributed by atoms with Crippen LogP contribution in [0.25, 0.3) is 0 Å². The molecule has 0 aliphatic rings. The molecule has 0 spiro atoms. The Bertz CT molecular complexity index is 1340. The van der Waals surface area contributed by atoms with Crippen molar-refractivity contribution >= 4 is 44.8 Å². The topological polar surface area (TPSA) is 123 Å². The van der Waals surface area contributed by atoms with Crippen LogP contribution in [0.1, 0.15) is 18.7 Å². The number of hydrogen-bond donors (Lipinski definition) is 2. The van der Waals surface area contributed by atoms with Crippen molar-refractivity contribution in [3.8, 4) is 0 Å². The summed E-state index contributed by atoms with van der Waals surface area (Å²) >= 11 is 11.5. The van der Waals surface area contributed by atoms with Crippen molar-refractivity contribution in [2.75, 3.05) is 11.9 Å². The second kappa shape index (κ2) is 10.4. The van der Waals surface area contributed by atoms with Crippen LogP contribution < -0.4 is 15.6 Å². The Hall–Kier alpha value is -2.86. The van der Waals surface area contributed by atoms with E-state index in [1.807, 2.05) is 0 Å². The number of carbonyl (C=O) groups excluding carboxylic acids is 1. The first kappa shape index (κ1) is 24.8. The number of hydrogen-bond acceptors (Lipinski definition) is 6. The number of sulfonamides is 1. The number of rotatable bonds is 8. The first-order valence-corrected chi connectivity index (χ1v) is 11.8. The summed E-state index contributed by atoms with van der Waals surface area (Å²) in [5, 5.41) is 5.87. The average molecular weight is 514 g/mol. The minimum atomic E-state index is -4.21. The highest BCUT2D eigenvalue weighted by Crippen LogP contribution is 2.21. The minimum absolute atomic E-state index is 0.00167. The molecule has 2 aromatic heterocycles. The lowest BCUT2D eigenvalue weighted by Gasteiger charge is -2.15. The molecule has 0 saturated carbocycles. The Labute approximate surface area is 198 Å². The zero-order chi connectivity index (χ0) is 24.2. The highest BCUT2D eigenvalue weighted by Gasteiger charge is 2.23.